The fraction of sp³-hybridized carbons (Fsp3) is 0.278. The lowest BCUT2D eigenvalue weighted by molar-refractivity contribution is -0.134. The number of amides is 1. The molecule has 1 aliphatic heterocycles. The Kier molecular flexibility index (Phi) is 4.88. The van der Waals surface area contributed by atoms with Gasteiger partial charge in [0.1, 0.15) is 6.10 Å². The van der Waals surface area contributed by atoms with Gasteiger partial charge in [-0.1, -0.05) is 41.4 Å². The Labute approximate surface area is 150 Å². The van der Waals surface area contributed by atoms with Crippen molar-refractivity contribution in [2.75, 3.05) is 0 Å². The fourth-order valence-corrected chi connectivity index (χ4v) is 2.87. The Morgan fingerprint density at radius 3 is 2.42 bits per heavy atom. The van der Waals surface area contributed by atoms with Crippen molar-refractivity contribution in [1.82, 2.24) is 5.32 Å². The van der Waals surface area contributed by atoms with E-state index in [2.05, 4.69) is 5.32 Å². The first-order chi connectivity index (χ1) is 11.5. The van der Waals surface area contributed by atoms with Crippen LogP contribution < -0.4 is 14.8 Å². The monoisotopic (exact) mass is 365 g/mol. The fourth-order valence-electron chi connectivity index (χ4n) is 2.57. The van der Waals surface area contributed by atoms with Crippen LogP contribution in [0.2, 0.25) is 10.0 Å². The number of fused-ring (bicyclic) bond motifs is 1. The minimum atomic E-state index is -0.717. The van der Waals surface area contributed by atoms with Gasteiger partial charge in [-0.3, -0.25) is 4.79 Å². The third kappa shape index (κ3) is 3.45. The largest absolute Gasteiger partial charge is 0.482 e. The van der Waals surface area contributed by atoms with Crippen LogP contribution in [0.4, 0.5) is 0 Å². The first-order valence-corrected chi connectivity index (χ1v) is 8.39. The molecule has 1 N–H and O–H groups in total. The minimum Gasteiger partial charge on any atom is -0.482 e. The maximum Gasteiger partial charge on any atom is 0.265 e. The van der Waals surface area contributed by atoms with E-state index in [0.29, 0.717) is 21.5 Å². The smallest absolute Gasteiger partial charge is 0.265 e. The quantitative estimate of drug-likeness (QED) is 0.876. The predicted molar refractivity (Wildman–Crippen MR) is 94.0 cm³/mol. The zero-order chi connectivity index (χ0) is 17.3. The van der Waals surface area contributed by atoms with E-state index in [1.807, 2.05) is 38.1 Å². The van der Waals surface area contributed by atoms with Crippen LogP contribution in [0, 0.1) is 0 Å². The molecular weight excluding hydrogens is 349 g/mol. The molecule has 0 aliphatic carbocycles. The zero-order valence-corrected chi connectivity index (χ0v) is 14.8. The number of hydrogen-bond acceptors (Lipinski definition) is 3. The number of halogens is 2. The average molecular weight is 366 g/mol. The zero-order valence-electron chi connectivity index (χ0n) is 13.3. The van der Waals surface area contributed by atoms with Gasteiger partial charge in [0.15, 0.2) is 11.5 Å². The molecule has 3 unspecified atom stereocenters. The molecule has 1 amide bonds. The number of ether oxygens (including phenoxy) is 2. The Morgan fingerprint density at radius 1 is 1.08 bits per heavy atom. The third-order valence-corrected chi connectivity index (χ3v) is 4.64. The molecule has 1 aliphatic rings. The Hall–Kier alpha value is -1.91. The Bertz CT molecular complexity index is 766. The van der Waals surface area contributed by atoms with E-state index >= 15 is 0 Å². The van der Waals surface area contributed by atoms with Gasteiger partial charge in [0.2, 0.25) is 6.10 Å². The van der Waals surface area contributed by atoms with Gasteiger partial charge < -0.3 is 14.8 Å². The molecule has 0 bridgehead atoms. The molecule has 0 aromatic heterocycles. The summed E-state index contributed by atoms with van der Waals surface area (Å²) in [6.07, 6.45) is -1.11. The highest BCUT2D eigenvalue weighted by atomic mass is 35.5. The van der Waals surface area contributed by atoms with Crippen LogP contribution in [-0.2, 0) is 4.79 Å². The normalized spacial score (nSPS) is 20.3. The van der Waals surface area contributed by atoms with Crippen LogP contribution in [0.3, 0.4) is 0 Å². The topological polar surface area (TPSA) is 47.6 Å². The molecule has 2 aromatic carbocycles. The second-order valence-corrected chi connectivity index (χ2v) is 6.53. The van der Waals surface area contributed by atoms with Crippen LogP contribution in [0.5, 0.6) is 11.5 Å². The van der Waals surface area contributed by atoms with E-state index in [-0.39, 0.29) is 18.1 Å². The minimum absolute atomic E-state index is 0.236. The molecule has 6 heteroatoms. The standard InChI is InChI=1S/C18H17Cl2NO3/c1-10(12-7-8-13(19)14(20)9-12)21-18(22)17-11(2)23-15-5-3-4-6-16(15)24-17/h3-11,17H,1-2H3,(H,21,22). The SMILES string of the molecule is CC(NC(=O)C1Oc2ccccc2OC1C)c1ccc(Cl)c(Cl)c1. The molecule has 3 rings (SSSR count). The summed E-state index contributed by atoms with van der Waals surface area (Å²) in [5, 5.41) is 3.86. The highest BCUT2D eigenvalue weighted by Crippen LogP contribution is 2.33. The molecular formula is C18H17Cl2NO3. The molecule has 24 heavy (non-hydrogen) atoms. The van der Waals surface area contributed by atoms with E-state index in [9.17, 15) is 4.79 Å². The summed E-state index contributed by atoms with van der Waals surface area (Å²) in [6, 6.07) is 12.3. The van der Waals surface area contributed by atoms with Crippen LogP contribution >= 0.6 is 23.2 Å². The maximum atomic E-state index is 12.6. The molecule has 0 saturated carbocycles. The van der Waals surface area contributed by atoms with Crippen molar-refractivity contribution in [2.24, 2.45) is 0 Å². The highest BCUT2D eigenvalue weighted by molar-refractivity contribution is 6.42. The molecule has 0 spiro atoms. The second kappa shape index (κ2) is 6.91. The van der Waals surface area contributed by atoms with Crippen LogP contribution in [0.1, 0.15) is 25.5 Å². The van der Waals surface area contributed by atoms with Gasteiger partial charge >= 0.3 is 0 Å². The summed E-state index contributed by atoms with van der Waals surface area (Å²) >= 11 is 12.0. The van der Waals surface area contributed by atoms with Crippen molar-refractivity contribution in [2.45, 2.75) is 32.1 Å². The summed E-state index contributed by atoms with van der Waals surface area (Å²) in [5.41, 5.74) is 0.863. The number of carbonyl (C=O) groups excluding carboxylic acids is 1. The van der Waals surface area contributed by atoms with E-state index in [0.717, 1.165) is 5.56 Å². The summed E-state index contributed by atoms with van der Waals surface area (Å²) in [5.74, 6) is 0.972. The first-order valence-electron chi connectivity index (χ1n) is 7.63. The van der Waals surface area contributed by atoms with E-state index < -0.39 is 6.10 Å². The molecule has 126 valence electrons. The van der Waals surface area contributed by atoms with Gasteiger partial charge in [0.05, 0.1) is 16.1 Å². The van der Waals surface area contributed by atoms with Crippen LogP contribution in [0.15, 0.2) is 42.5 Å². The summed E-state index contributed by atoms with van der Waals surface area (Å²) < 4.78 is 11.6. The Morgan fingerprint density at radius 2 is 1.75 bits per heavy atom. The van der Waals surface area contributed by atoms with Gasteiger partial charge in [-0.15, -0.1) is 0 Å². The lowest BCUT2D eigenvalue weighted by Crippen LogP contribution is -2.49. The molecule has 1 heterocycles. The number of hydrogen-bond donors (Lipinski definition) is 1. The molecule has 3 atom stereocenters. The summed E-state index contributed by atoms with van der Waals surface area (Å²) in [6.45, 7) is 3.68. The van der Waals surface area contributed by atoms with Crippen molar-refractivity contribution in [3.05, 3.63) is 58.1 Å². The Balaban J connectivity index is 1.71. The van der Waals surface area contributed by atoms with Crippen molar-refractivity contribution >= 4 is 29.1 Å². The number of benzene rings is 2. The summed E-state index contributed by atoms with van der Waals surface area (Å²) in [4.78, 5) is 12.6. The number of para-hydroxylation sites is 2. The van der Waals surface area contributed by atoms with E-state index in [4.69, 9.17) is 32.7 Å². The molecule has 0 fully saturated rings. The highest BCUT2D eigenvalue weighted by Gasteiger charge is 2.34. The molecule has 4 nitrogen and oxygen atoms in total. The number of carbonyl (C=O) groups is 1. The predicted octanol–water partition coefficient (Wildman–Crippen LogP) is 4.40. The van der Waals surface area contributed by atoms with Crippen molar-refractivity contribution in [1.29, 1.82) is 0 Å². The number of nitrogens with one attached hydrogen (secondary N) is 1. The number of rotatable bonds is 3. The second-order valence-electron chi connectivity index (χ2n) is 5.71. The van der Waals surface area contributed by atoms with Crippen LogP contribution in [-0.4, -0.2) is 18.1 Å². The average Bonchev–Trinajstić information content (AvgIpc) is 2.56. The lowest BCUT2D eigenvalue weighted by Gasteiger charge is -2.31. The van der Waals surface area contributed by atoms with Crippen molar-refractivity contribution in [3.63, 3.8) is 0 Å². The van der Waals surface area contributed by atoms with Crippen LogP contribution in [0.25, 0.3) is 0 Å². The van der Waals surface area contributed by atoms with Gasteiger partial charge in [0.25, 0.3) is 5.91 Å². The van der Waals surface area contributed by atoms with E-state index in [1.54, 1.807) is 18.2 Å². The first kappa shape index (κ1) is 16.9. The lowest BCUT2D eigenvalue weighted by atomic mass is 10.1. The van der Waals surface area contributed by atoms with Crippen molar-refractivity contribution < 1.29 is 14.3 Å². The maximum absolute atomic E-state index is 12.6. The van der Waals surface area contributed by atoms with E-state index in [1.165, 1.54) is 0 Å². The molecule has 0 radical (unpaired) electrons. The molecule has 0 saturated heterocycles. The van der Waals surface area contributed by atoms with Gasteiger partial charge in [-0.05, 0) is 43.7 Å². The summed E-state index contributed by atoms with van der Waals surface area (Å²) in [7, 11) is 0. The van der Waals surface area contributed by atoms with Gasteiger partial charge in [-0.25, -0.2) is 0 Å². The van der Waals surface area contributed by atoms with Crippen molar-refractivity contribution in [3.8, 4) is 11.5 Å². The third-order valence-electron chi connectivity index (χ3n) is 3.90. The van der Waals surface area contributed by atoms with Gasteiger partial charge in [0, 0.05) is 0 Å². The molecule has 2 aromatic rings. The van der Waals surface area contributed by atoms with Gasteiger partial charge in [-0.2, -0.15) is 0 Å².